The van der Waals surface area contributed by atoms with Crippen molar-refractivity contribution in [3.05, 3.63) is 64.7 Å². The molecule has 94 valence electrons. The van der Waals surface area contributed by atoms with Gasteiger partial charge in [-0.2, -0.15) is 5.26 Å². The normalized spacial score (nSPS) is 10.9. The van der Waals surface area contributed by atoms with Crippen molar-refractivity contribution in [3.63, 3.8) is 0 Å². The van der Waals surface area contributed by atoms with E-state index >= 15 is 0 Å². The summed E-state index contributed by atoms with van der Waals surface area (Å²) in [7, 11) is 1.61. The summed E-state index contributed by atoms with van der Waals surface area (Å²) in [5.74, 6) is 0.767. The summed E-state index contributed by atoms with van der Waals surface area (Å²) >= 11 is 5.93. The molecule has 2 nitrogen and oxygen atoms in total. The van der Waals surface area contributed by atoms with Gasteiger partial charge < -0.3 is 4.74 Å². The average Bonchev–Trinajstić information content (AvgIpc) is 2.45. The highest BCUT2D eigenvalue weighted by Gasteiger charge is 2.02. The third-order valence-corrected chi connectivity index (χ3v) is 2.92. The third kappa shape index (κ3) is 3.37. The monoisotopic (exact) mass is 269 g/mol. The second-order valence-corrected chi connectivity index (χ2v) is 4.39. The van der Waals surface area contributed by atoms with Gasteiger partial charge in [-0.25, -0.2) is 0 Å². The summed E-state index contributed by atoms with van der Waals surface area (Å²) < 4.78 is 5.10. The molecule has 0 aromatic heterocycles. The van der Waals surface area contributed by atoms with Gasteiger partial charge >= 0.3 is 0 Å². The van der Waals surface area contributed by atoms with E-state index < -0.39 is 0 Å². The van der Waals surface area contributed by atoms with Crippen LogP contribution in [0.2, 0.25) is 5.02 Å². The van der Waals surface area contributed by atoms with Crippen molar-refractivity contribution in [1.29, 1.82) is 5.26 Å². The minimum Gasteiger partial charge on any atom is -0.497 e. The van der Waals surface area contributed by atoms with Crippen molar-refractivity contribution < 1.29 is 4.74 Å². The maximum absolute atomic E-state index is 9.25. The Morgan fingerprint density at radius 3 is 2.53 bits per heavy atom. The van der Waals surface area contributed by atoms with E-state index in [0.29, 0.717) is 10.6 Å². The van der Waals surface area contributed by atoms with E-state index in [0.717, 1.165) is 16.9 Å². The first-order valence-corrected chi connectivity index (χ1v) is 6.12. The predicted molar refractivity (Wildman–Crippen MR) is 77.9 cm³/mol. The Bertz CT molecular complexity index is 639. The second kappa shape index (κ2) is 6.08. The van der Waals surface area contributed by atoms with Crippen LogP contribution in [0.15, 0.2) is 48.5 Å². The molecule has 2 rings (SSSR count). The fourth-order valence-electron chi connectivity index (χ4n) is 1.71. The van der Waals surface area contributed by atoms with Gasteiger partial charge in [-0.15, -0.1) is 0 Å². The van der Waals surface area contributed by atoms with Gasteiger partial charge in [0, 0.05) is 5.02 Å². The number of hydrogen-bond donors (Lipinski definition) is 0. The van der Waals surface area contributed by atoms with Crippen molar-refractivity contribution in [1.82, 2.24) is 0 Å². The Hall–Kier alpha value is -2.24. The van der Waals surface area contributed by atoms with E-state index in [1.807, 2.05) is 48.5 Å². The zero-order valence-corrected chi connectivity index (χ0v) is 11.2. The zero-order valence-electron chi connectivity index (χ0n) is 10.4. The summed E-state index contributed by atoms with van der Waals surface area (Å²) in [4.78, 5) is 0. The summed E-state index contributed by atoms with van der Waals surface area (Å²) in [5, 5.41) is 9.91. The smallest absolute Gasteiger partial charge is 0.118 e. The Balaban J connectivity index is 2.36. The van der Waals surface area contributed by atoms with Gasteiger partial charge in [0.15, 0.2) is 0 Å². The molecule has 0 fully saturated rings. The number of hydrogen-bond acceptors (Lipinski definition) is 2. The van der Waals surface area contributed by atoms with Crippen LogP contribution in [-0.4, -0.2) is 7.11 Å². The molecular formula is C16H12ClNO. The second-order valence-electron chi connectivity index (χ2n) is 3.95. The molecule has 3 heteroatoms. The van der Waals surface area contributed by atoms with E-state index in [9.17, 15) is 5.26 Å². The van der Waals surface area contributed by atoms with Gasteiger partial charge in [0.05, 0.1) is 18.8 Å². The molecule has 0 N–H and O–H groups in total. The van der Waals surface area contributed by atoms with Gasteiger partial charge in [0.1, 0.15) is 5.75 Å². The predicted octanol–water partition coefficient (Wildman–Crippen LogP) is 4.41. The van der Waals surface area contributed by atoms with Gasteiger partial charge in [-0.3, -0.25) is 0 Å². The van der Waals surface area contributed by atoms with Crippen LogP contribution in [0.25, 0.3) is 11.6 Å². The molecule has 0 aliphatic heterocycles. The number of allylic oxidation sites excluding steroid dienone is 1. The standard InChI is InChI=1S/C16H12ClNO/c1-19-16-7-5-13(6-8-16)14(11-18)9-12-3-2-4-15(17)10-12/h2-10H,1H3/b14-9-. The quantitative estimate of drug-likeness (QED) is 0.611. The molecule has 0 atom stereocenters. The number of ether oxygens (including phenoxy) is 1. The van der Waals surface area contributed by atoms with Crippen molar-refractivity contribution in [2.75, 3.05) is 7.11 Å². The summed E-state index contributed by atoms with van der Waals surface area (Å²) in [6, 6.07) is 17.0. The summed E-state index contributed by atoms with van der Waals surface area (Å²) in [6.45, 7) is 0. The van der Waals surface area contributed by atoms with Crippen LogP contribution in [0.5, 0.6) is 5.75 Å². The Morgan fingerprint density at radius 1 is 1.21 bits per heavy atom. The lowest BCUT2D eigenvalue weighted by Crippen LogP contribution is -1.85. The van der Waals surface area contributed by atoms with Crippen molar-refractivity contribution in [2.45, 2.75) is 0 Å². The van der Waals surface area contributed by atoms with Crippen molar-refractivity contribution >= 4 is 23.3 Å². The molecule has 19 heavy (non-hydrogen) atoms. The van der Waals surface area contributed by atoms with Crippen LogP contribution in [0, 0.1) is 11.3 Å². The lowest BCUT2D eigenvalue weighted by atomic mass is 10.0. The van der Waals surface area contributed by atoms with Crippen LogP contribution in [-0.2, 0) is 0 Å². The number of benzene rings is 2. The molecule has 2 aromatic rings. The van der Waals surface area contributed by atoms with Crippen LogP contribution in [0.1, 0.15) is 11.1 Å². The topological polar surface area (TPSA) is 33.0 Å². The maximum Gasteiger partial charge on any atom is 0.118 e. The Morgan fingerprint density at radius 2 is 1.95 bits per heavy atom. The summed E-state index contributed by atoms with van der Waals surface area (Å²) in [5.41, 5.74) is 2.34. The van der Waals surface area contributed by atoms with Crippen LogP contribution in [0.4, 0.5) is 0 Å². The highest BCUT2D eigenvalue weighted by Crippen LogP contribution is 2.21. The van der Waals surface area contributed by atoms with Crippen LogP contribution in [0.3, 0.4) is 0 Å². The largest absolute Gasteiger partial charge is 0.497 e. The van der Waals surface area contributed by atoms with Gasteiger partial charge in [0.2, 0.25) is 0 Å². The van der Waals surface area contributed by atoms with E-state index in [1.54, 1.807) is 13.2 Å². The van der Waals surface area contributed by atoms with E-state index in [2.05, 4.69) is 6.07 Å². The van der Waals surface area contributed by atoms with Crippen molar-refractivity contribution in [3.8, 4) is 11.8 Å². The molecule has 2 aromatic carbocycles. The van der Waals surface area contributed by atoms with E-state index in [1.165, 1.54) is 0 Å². The molecule has 0 radical (unpaired) electrons. The lowest BCUT2D eigenvalue weighted by Gasteiger charge is -2.02. The first-order chi connectivity index (χ1) is 9.22. The fourth-order valence-corrected chi connectivity index (χ4v) is 1.91. The van der Waals surface area contributed by atoms with E-state index in [4.69, 9.17) is 16.3 Å². The molecule has 0 unspecified atom stereocenters. The zero-order chi connectivity index (χ0) is 13.7. The number of halogens is 1. The molecule has 0 spiro atoms. The minimum absolute atomic E-state index is 0.588. The van der Waals surface area contributed by atoms with Crippen LogP contribution < -0.4 is 4.74 Å². The van der Waals surface area contributed by atoms with Gasteiger partial charge in [-0.1, -0.05) is 23.7 Å². The maximum atomic E-state index is 9.25. The fraction of sp³-hybridized carbons (Fsp3) is 0.0625. The molecule has 0 saturated heterocycles. The molecule has 0 bridgehead atoms. The number of nitriles is 1. The first kappa shape index (κ1) is 13.2. The molecule has 0 heterocycles. The molecule has 0 amide bonds. The summed E-state index contributed by atoms with van der Waals surface area (Å²) in [6.07, 6.45) is 1.81. The Labute approximate surface area is 117 Å². The van der Waals surface area contributed by atoms with E-state index in [-0.39, 0.29) is 0 Å². The molecule has 0 saturated carbocycles. The number of rotatable bonds is 3. The van der Waals surface area contributed by atoms with Gasteiger partial charge in [0.25, 0.3) is 0 Å². The number of methoxy groups -OCH3 is 1. The van der Waals surface area contributed by atoms with Crippen LogP contribution >= 0.6 is 11.6 Å². The average molecular weight is 270 g/mol. The minimum atomic E-state index is 0.588. The SMILES string of the molecule is COc1ccc(/C(C#N)=C\c2cccc(Cl)c2)cc1. The molecule has 0 aliphatic carbocycles. The highest BCUT2D eigenvalue weighted by molar-refractivity contribution is 6.30. The Kier molecular flexibility index (Phi) is 4.22. The molecule has 0 aliphatic rings. The number of nitrogens with zero attached hydrogens (tertiary/aromatic N) is 1. The van der Waals surface area contributed by atoms with Crippen molar-refractivity contribution in [2.24, 2.45) is 0 Å². The lowest BCUT2D eigenvalue weighted by molar-refractivity contribution is 0.415. The van der Waals surface area contributed by atoms with Gasteiger partial charge in [-0.05, 0) is 53.6 Å². The third-order valence-electron chi connectivity index (χ3n) is 2.68. The first-order valence-electron chi connectivity index (χ1n) is 5.75. The molecular weight excluding hydrogens is 258 g/mol. The highest BCUT2D eigenvalue weighted by atomic mass is 35.5.